The summed E-state index contributed by atoms with van der Waals surface area (Å²) >= 11 is 0. The second-order valence-corrected chi connectivity index (χ2v) is 7.83. The van der Waals surface area contributed by atoms with Crippen LogP contribution in [0.4, 0.5) is 4.39 Å². The maximum Gasteiger partial charge on any atom is 0.314 e. The number of para-hydroxylation sites is 1. The molecule has 1 aliphatic heterocycles. The first-order valence-electron chi connectivity index (χ1n) is 10.4. The van der Waals surface area contributed by atoms with Gasteiger partial charge in [0.2, 0.25) is 0 Å². The topological polar surface area (TPSA) is 72.4 Å². The molecule has 0 unspecified atom stereocenters. The minimum atomic E-state index is -0.998. The van der Waals surface area contributed by atoms with Gasteiger partial charge in [0.05, 0.1) is 23.1 Å². The Labute approximate surface area is 180 Å². The Hall–Kier alpha value is -3.35. The van der Waals surface area contributed by atoms with E-state index in [2.05, 4.69) is 9.97 Å². The second kappa shape index (κ2) is 8.79. The molecule has 4 rings (SSSR count). The molecule has 0 bridgehead atoms. The van der Waals surface area contributed by atoms with Crippen molar-refractivity contribution in [1.29, 1.82) is 0 Å². The molecule has 6 nitrogen and oxygen atoms in total. The second-order valence-electron chi connectivity index (χ2n) is 7.83. The van der Waals surface area contributed by atoms with Crippen molar-refractivity contribution in [2.75, 3.05) is 19.7 Å². The number of hydrogen-bond acceptors (Lipinski definition) is 5. The smallest absolute Gasteiger partial charge is 0.314 e. The van der Waals surface area contributed by atoms with E-state index in [0.29, 0.717) is 41.5 Å². The van der Waals surface area contributed by atoms with E-state index in [1.54, 1.807) is 60.6 Å². The summed E-state index contributed by atoms with van der Waals surface area (Å²) in [6, 6.07) is 11.7. The van der Waals surface area contributed by atoms with Gasteiger partial charge in [0, 0.05) is 25.5 Å². The Morgan fingerprint density at radius 2 is 1.94 bits per heavy atom. The molecular weight excluding hydrogens is 397 g/mol. The number of hydrogen-bond donors (Lipinski definition) is 0. The zero-order valence-electron chi connectivity index (χ0n) is 17.4. The van der Waals surface area contributed by atoms with Crippen LogP contribution in [0.15, 0.2) is 54.9 Å². The molecule has 31 heavy (non-hydrogen) atoms. The molecule has 0 N–H and O–H groups in total. The fourth-order valence-corrected chi connectivity index (χ4v) is 4.31. The molecule has 0 spiro atoms. The van der Waals surface area contributed by atoms with E-state index in [1.165, 1.54) is 6.07 Å². The Balaban J connectivity index is 1.68. The minimum Gasteiger partial charge on any atom is -0.466 e. The standard InChI is InChI=1S/C24H24FN3O3/c1-2-31-23(30)24(15-17-7-3-4-9-19(17)25)11-6-14-28(16-24)22(29)18-8-5-10-20-21(18)27-13-12-26-20/h3-5,7-10,12-13H,2,6,11,14-16H2,1H3/t24-/m1/s1. The Kier molecular flexibility index (Phi) is 5.93. The molecule has 1 amide bonds. The van der Waals surface area contributed by atoms with E-state index < -0.39 is 11.4 Å². The van der Waals surface area contributed by atoms with Crippen molar-refractivity contribution in [3.63, 3.8) is 0 Å². The first-order valence-corrected chi connectivity index (χ1v) is 10.4. The monoisotopic (exact) mass is 421 g/mol. The highest BCUT2D eigenvalue weighted by Gasteiger charge is 2.45. The number of carbonyl (C=O) groups is 2. The largest absolute Gasteiger partial charge is 0.466 e. The molecule has 1 saturated heterocycles. The van der Waals surface area contributed by atoms with E-state index in [-0.39, 0.29) is 31.3 Å². The third kappa shape index (κ3) is 4.13. The highest BCUT2D eigenvalue weighted by molar-refractivity contribution is 6.04. The molecule has 160 valence electrons. The first-order chi connectivity index (χ1) is 15.0. The molecule has 7 heteroatoms. The van der Waals surface area contributed by atoms with Crippen LogP contribution < -0.4 is 0 Å². The third-order valence-corrected chi connectivity index (χ3v) is 5.79. The molecule has 1 atom stereocenters. The van der Waals surface area contributed by atoms with Gasteiger partial charge in [-0.1, -0.05) is 24.3 Å². The number of aromatic nitrogens is 2. The normalized spacial score (nSPS) is 18.7. The van der Waals surface area contributed by atoms with E-state index in [4.69, 9.17) is 4.74 Å². The van der Waals surface area contributed by atoms with Crippen LogP contribution >= 0.6 is 0 Å². The van der Waals surface area contributed by atoms with Gasteiger partial charge >= 0.3 is 5.97 Å². The lowest BCUT2D eigenvalue weighted by molar-refractivity contribution is -0.158. The molecule has 0 radical (unpaired) electrons. The number of piperidine rings is 1. The van der Waals surface area contributed by atoms with Crippen molar-refractivity contribution in [2.45, 2.75) is 26.2 Å². The maximum atomic E-state index is 14.4. The van der Waals surface area contributed by atoms with E-state index in [9.17, 15) is 14.0 Å². The van der Waals surface area contributed by atoms with E-state index >= 15 is 0 Å². The van der Waals surface area contributed by atoms with Crippen molar-refractivity contribution in [1.82, 2.24) is 14.9 Å². The summed E-state index contributed by atoms with van der Waals surface area (Å²) in [6.45, 7) is 2.64. The Morgan fingerprint density at radius 1 is 1.13 bits per heavy atom. The van der Waals surface area contributed by atoms with Crippen LogP contribution in [0.2, 0.25) is 0 Å². The molecule has 2 heterocycles. The molecule has 1 fully saturated rings. The van der Waals surface area contributed by atoms with Crippen molar-refractivity contribution in [3.8, 4) is 0 Å². The van der Waals surface area contributed by atoms with Gasteiger partial charge in [0.15, 0.2) is 0 Å². The number of carbonyl (C=O) groups excluding carboxylic acids is 2. The van der Waals surface area contributed by atoms with E-state index in [1.807, 2.05) is 0 Å². The van der Waals surface area contributed by atoms with Crippen LogP contribution in [-0.2, 0) is 16.0 Å². The summed E-state index contributed by atoms with van der Waals surface area (Å²) in [5.74, 6) is -0.972. The van der Waals surface area contributed by atoms with Gasteiger partial charge in [0.25, 0.3) is 5.91 Å². The van der Waals surface area contributed by atoms with E-state index in [0.717, 1.165) is 0 Å². The summed E-state index contributed by atoms with van der Waals surface area (Å²) in [5, 5.41) is 0. The highest BCUT2D eigenvalue weighted by atomic mass is 19.1. The van der Waals surface area contributed by atoms with Crippen LogP contribution in [0, 0.1) is 11.2 Å². The van der Waals surface area contributed by atoms with Crippen LogP contribution in [0.5, 0.6) is 0 Å². The van der Waals surface area contributed by atoms with Crippen molar-refractivity contribution in [2.24, 2.45) is 5.41 Å². The molecule has 0 aliphatic carbocycles. The summed E-state index contributed by atoms with van der Waals surface area (Å²) < 4.78 is 19.8. The molecule has 0 saturated carbocycles. The highest BCUT2D eigenvalue weighted by Crippen LogP contribution is 2.36. The van der Waals surface area contributed by atoms with Crippen LogP contribution in [-0.4, -0.2) is 46.4 Å². The molecule has 1 aliphatic rings. The van der Waals surface area contributed by atoms with Crippen molar-refractivity contribution < 1.29 is 18.7 Å². The Bertz CT molecular complexity index is 1110. The average molecular weight is 421 g/mol. The lowest BCUT2D eigenvalue weighted by atomic mass is 9.74. The lowest BCUT2D eigenvalue weighted by Crippen LogP contribution is -2.51. The zero-order chi connectivity index (χ0) is 21.8. The van der Waals surface area contributed by atoms with Crippen LogP contribution in [0.1, 0.15) is 35.7 Å². The lowest BCUT2D eigenvalue weighted by Gasteiger charge is -2.41. The van der Waals surface area contributed by atoms with Gasteiger partial charge in [-0.25, -0.2) is 4.39 Å². The predicted molar refractivity (Wildman–Crippen MR) is 114 cm³/mol. The quantitative estimate of drug-likeness (QED) is 0.586. The van der Waals surface area contributed by atoms with Gasteiger partial charge < -0.3 is 9.64 Å². The summed E-state index contributed by atoms with van der Waals surface area (Å²) in [6.07, 6.45) is 4.46. The number of nitrogens with zero attached hydrogens (tertiary/aromatic N) is 3. The number of halogens is 1. The number of ether oxygens (including phenoxy) is 1. The van der Waals surface area contributed by atoms with Gasteiger partial charge in [-0.15, -0.1) is 0 Å². The van der Waals surface area contributed by atoms with Crippen LogP contribution in [0.25, 0.3) is 11.0 Å². The number of rotatable bonds is 5. The van der Waals surface area contributed by atoms with Gasteiger partial charge in [0.1, 0.15) is 11.3 Å². The molecular formula is C24H24FN3O3. The average Bonchev–Trinajstić information content (AvgIpc) is 2.80. The number of benzene rings is 2. The number of fused-ring (bicyclic) bond motifs is 1. The summed E-state index contributed by atoms with van der Waals surface area (Å²) in [7, 11) is 0. The maximum absolute atomic E-state index is 14.4. The van der Waals surface area contributed by atoms with Gasteiger partial charge in [-0.2, -0.15) is 0 Å². The third-order valence-electron chi connectivity index (χ3n) is 5.79. The molecule has 3 aromatic rings. The fourth-order valence-electron chi connectivity index (χ4n) is 4.31. The minimum absolute atomic E-state index is 0.162. The zero-order valence-corrected chi connectivity index (χ0v) is 17.4. The SMILES string of the molecule is CCOC(=O)[C@@]1(Cc2ccccc2F)CCCN(C(=O)c2cccc3nccnc23)C1. The van der Waals surface area contributed by atoms with Gasteiger partial charge in [-0.05, 0) is 49.9 Å². The van der Waals surface area contributed by atoms with Gasteiger partial charge in [-0.3, -0.25) is 19.6 Å². The number of likely N-dealkylation sites (tertiary alicyclic amines) is 1. The van der Waals surface area contributed by atoms with Crippen molar-refractivity contribution >= 4 is 22.9 Å². The van der Waals surface area contributed by atoms with Crippen LogP contribution in [0.3, 0.4) is 0 Å². The van der Waals surface area contributed by atoms with Crippen molar-refractivity contribution in [3.05, 3.63) is 71.8 Å². The number of amides is 1. The predicted octanol–water partition coefficient (Wildman–Crippen LogP) is 3.80. The Morgan fingerprint density at radius 3 is 2.74 bits per heavy atom. The molecule has 1 aromatic heterocycles. The fraction of sp³-hybridized carbons (Fsp3) is 0.333. The summed E-state index contributed by atoms with van der Waals surface area (Å²) in [5.41, 5.74) is 1.05. The molecule has 2 aromatic carbocycles. The number of esters is 1. The first kappa shape index (κ1) is 20.9. The summed E-state index contributed by atoms with van der Waals surface area (Å²) in [4.78, 5) is 36.7.